The van der Waals surface area contributed by atoms with E-state index in [0.29, 0.717) is 18.8 Å². The monoisotopic (exact) mass is 452 g/mol. The molecule has 0 saturated heterocycles. The first kappa shape index (κ1) is 24.3. The van der Waals surface area contributed by atoms with Crippen LogP contribution in [0.1, 0.15) is 31.3 Å². The minimum atomic E-state index is -0.545. The minimum Gasteiger partial charge on any atom is -0.444 e. The predicted molar refractivity (Wildman–Crippen MR) is 129 cm³/mol. The molecule has 1 atom stereocenters. The van der Waals surface area contributed by atoms with Gasteiger partial charge in [-0.15, -0.1) is 0 Å². The van der Waals surface area contributed by atoms with Gasteiger partial charge in [-0.1, -0.05) is 48.5 Å². The standard InChI is InChI=1S/C25H32N4O4/c1-25(2,3)33-24(31)27-13-14-32-16-18(26)15-28-23(30)22-21(17-9-5-4-6-10-17)19-11-7-8-12-20(19)29-22/h4-12,18,29H,13-16,26H2,1-3H3,(H,27,31)(H,28,30)/t18-/m1/s1. The van der Waals surface area contributed by atoms with Crippen molar-refractivity contribution in [1.29, 1.82) is 0 Å². The van der Waals surface area contributed by atoms with Crippen molar-refractivity contribution in [3.63, 3.8) is 0 Å². The van der Waals surface area contributed by atoms with E-state index in [2.05, 4.69) is 15.6 Å². The van der Waals surface area contributed by atoms with E-state index in [4.69, 9.17) is 15.2 Å². The van der Waals surface area contributed by atoms with E-state index in [-0.39, 0.29) is 25.1 Å². The Hall–Kier alpha value is -3.36. The molecular formula is C25H32N4O4. The number of carbonyl (C=O) groups excluding carboxylic acids is 2. The van der Waals surface area contributed by atoms with Crippen LogP contribution in [0.25, 0.3) is 22.0 Å². The zero-order chi connectivity index (χ0) is 23.8. The van der Waals surface area contributed by atoms with Gasteiger partial charge in [0.15, 0.2) is 0 Å². The van der Waals surface area contributed by atoms with Crippen LogP contribution in [0.5, 0.6) is 0 Å². The van der Waals surface area contributed by atoms with Gasteiger partial charge < -0.3 is 30.8 Å². The first-order valence-corrected chi connectivity index (χ1v) is 11.0. The van der Waals surface area contributed by atoms with E-state index in [1.807, 2.05) is 54.6 Å². The Kier molecular flexibility index (Phi) is 8.08. The van der Waals surface area contributed by atoms with Crippen LogP contribution in [0, 0.1) is 0 Å². The lowest BCUT2D eigenvalue weighted by molar-refractivity contribution is 0.0494. The van der Waals surface area contributed by atoms with Crippen molar-refractivity contribution in [3.8, 4) is 11.1 Å². The van der Waals surface area contributed by atoms with Gasteiger partial charge in [-0.05, 0) is 32.4 Å². The molecule has 1 aromatic heterocycles. The summed E-state index contributed by atoms with van der Waals surface area (Å²) in [6.45, 7) is 6.50. The Balaban J connectivity index is 1.50. The fourth-order valence-electron chi connectivity index (χ4n) is 3.36. The van der Waals surface area contributed by atoms with Gasteiger partial charge in [0.05, 0.1) is 13.2 Å². The number of alkyl carbamates (subject to hydrolysis) is 1. The van der Waals surface area contributed by atoms with Crippen LogP contribution in [0.4, 0.5) is 4.79 Å². The van der Waals surface area contributed by atoms with Gasteiger partial charge in [0.25, 0.3) is 5.91 Å². The Bertz CT molecular complexity index is 1070. The second-order valence-corrected chi connectivity index (χ2v) is 8.76. The lowest BCUT2D eigenvalue weighted by atomic mass is 10.0. The van der Waals surface area contributed by atoms with Crippen LogP contribution in [0.15, 0.2) is 54.6 Å². The number of carbonyl (C=O) groups is 2. The van der Waals surface area contributed by atoms with Gasteiger partial charge in [-0.2, -0.15) is 0 Å². The molecule has 176 valence electrons. The maximum atomic E-state index is 13.0. The highest BCUT2D eigenvalue weighted by atomic mass is 16.6. The maximum absolute atomic E-state index is 13.0. The second kappa shape index (κ2) is 11.0. The molecule has 0 aliphatic carbocycles. The summed E-state index contributed by atoms with van der Waals surface area (Å²) in [6.07, 6.45) is -0.491. The summed E-state index contributed by atoms with van der Waals surface area (Å²) in [4.78, 5) is 27.8. The number of para-hydroxylation sites is 1. The fraction of sp³-hybridized carbons (Fsp3) is 0.360. The van der Waals surface area contributed by atoms with Crippen LogP contribution in [-0.2, 0) is 9.47 Å². The van der Waals surface area contributed by atoms with Crippen LogP contribution >= 0.6 is 0 Å². The Labute approximate surface area is 193 Å². The first-order valence-electron chi connectivity index (χ1n) is 11.0. The zero-order valence-electron chi connectivity index (χ0n) is 19.3. The molecule has 0 aliphatic heterocycles. The lowest BCUT2D eigenvalue weighted by Crippen LogP contribution is -2.41. The fourth-order valence-corrected chi connectivity index (χ4v) is 3.36. The topological polar surface area (TPSA) is 118 Å². The zero-order valence-corrected chi connectivity index (χ0v) is 19.3. The Morgan fingerprint density at radius 2 is 1.73 bits per heavy atom. The molecule has 0 spiro atoms. The van der Waals surface area contributed by atoms with Crippen LogP contribution in [0.3, 0.4) is 0 Å². The summed E-state index contributed by atoms with van der Waals surface area (Å²) in [5, 5.41) is 6.49. The number of fused-ring (bicyclic) bond motifs is 1. The third-order valence-electron chi connectivity index (χ3n) is 4.77. The number of nitrogens with one attached hydrogen (secondary N) is 3. The number of rotatable bonds is 9. The average molecular weight is 453 g/mol. The van der Waals surface area contributed by atoms with Crippen molar-refractivity contribution in [2.24, 2.45) is 5.73 Å². The summed E-state index contributed by atoms with van der Waals surface area (Å²) in [5.74, 6) is -0.230. The van der Waals surface area contributed by atoms with Crippen LogP contribution in [0.2, 0.25) is 0 Å². The molecule has 2 amide bonds. The van der Waals surface area contributed by atoms with Gasteiger partial charge in [-0.25, -0.2) is 4.79 Å². The van der Waals surface area contributed by atoms with E-state index < -0.39 is 11.7 Å². The molecule has 0 aliphatic rings. The smallest absolute Gasteiger partial charge is 0.407 e. The number of hydrogen-bond acceptors (Lipinski definition) is 5. The quantitative estimate of drug-likeness (QED) is 0.371. The minimum absolute atomic E-state index is 0.230. The molecule has 2 aromatic carbocycles. The summed E-state index contributed by atoms with van der Waals surface area (Å²) in [7, 11) is 0. The van der Waals surface area contributed by atoms with Crippen molar-refractivity contribution in [1.82, 2.24) is 15.6 Å². The summed E-state index contributed by atoms with van der Waals surface area (Å²) in [6, 6.07) is 17.2. The molecule has 0 fully saturated rings. The van der Waals surface area contributed by atoms with Crippen molar-refractivity contribution in [3.05, 3.63) is 60.3 Å². The number of aromatic amines is 1. The van der Waals surface area contributed by atoms with Gasteiger partial charge in [-0.3, -0.25) is 4.79 Å². The molecule has 8 nitrogen and oxygen atoms in total. The summed E-state index contributed by atoms with van der Waals surface area (Å²) < 4.78 is 10.7. The highest BCUT2D eigenvalue weighted by molar-refractivity contribution is 6.09. The van der Waals surface area contributed by atoms with E-state index >= 15 is 0 Å². The van der Waals surface area contributed by atoms with Gasteiger partial charge in [0, 0.05) is 35.6 Å². The molecule has 3 rings (SSSR count). The summed E-state index contributed by atoms with van der Waals surface area (Å²) in [5.41, 5.74) is 8.76. The van der Waals surface area contributed by atoms with Crippen molar-refractivity contribution in [2.75, 3.05) is 26.3 Å². The van der Waals surface area contributed by atoms with E-state index in [0.717, 1.165) is 22.0 Å². The maximum Gasteiger partial charge on any atom is 0.407 e. The number of hydrogen-bond donors (Lipinski definition) is 4. The molecule has 0 saturated carbocycles. The SMILES string of the molecule is CC(C)(C)OC(=O)NCCOC[C@H](N)CNC(=O)c1[nH]c2ccccc2c1-c1ccccc1. The molecule has 0 unspecified atom stereocenters. The molecule has 1 heterocycles. The molecular weight excluding hydrogens is 420 g/mol. The second-order valence-electron chi connectivity index (χ2n) is 8.76. The van der Waals surface area contributed by atoms with Gasteiger partial charge in [0.1, 0.15) is 11.3 Å². The third kappa shape index (κ3) is 7.06. The van der Waals surface area contributed by atoms with Crippen molar-refractivity contribution in [2.45, 2.75) is 32.4 Å². The van der Waals surface area contributed by atoms with Gasteiger partial charge in [0.2, 0.25) is 0 Å². The largest absolute Gasteiger partial charge is 0.444 e. The molecule has 5 N–H and O–H groups in total. The van der Waals surface area contributed by atoms with Crippen LogP contribution < -0.4 is 16.4 Å². The number of ether oxygens (including phenoxy) is 2. The summed E-state index contributed by atoms with van der Waals surface area (Å²) >= 11 is 0. The third-order valence-corrected chi connectivity index (χ3v) is 4.77. The van der Waals surface area contributed by atoms with Crippen molar-refractivity contribution < 1.29 is 19.1 Å². The Morgan fingerprint density at radius 3 is 2.45 bits per heavy atom. The highest BCUT2D eigenvalue weighted by Gasteiger charge is 2.19. The Morgan fingerprint density at radius 1 is 1.03 bits per heavy atom. The molecule has 3 aromatic rings. The number of H-pyrrole nitrogens is 1. The van der Waals surface area contributed by atoms with E-state index in [1.54, 1.807) is 20.8 Å². The lowest BCUT2D eigenvalue weighted by Gasteiger charge is -2.19. The van der Waals surface area contributed by atoms with E-state index in [1.165, 1.54) is 0 Å². The van der Waals surface area contributed by atoms with E-state index in [9.17, 15) is 9.59 Å². The molecule has 8 heteroatoms. The number of aromatic nitrogens is 1. The first-order chi connectivity index (χ1) is 15.7. The predicted octanol–water partition coefficient (Wildman–Crippen LogP) is 3.43. The molecule has 0 radical (unpaired) electrons. The highest BCUT2D eigenvalue weighted by Crippen LogP contribution is 2.32. The van der Waals surface area contributed by atoms with Crippen molar-refractivity contribution >= 4 is 22.9 Å². The number of benzene rings is 2. The normalized spacial score (nSPS) is 12.4. The number of nitrogens with two attached hydrogens (primary N) is 1. The van der Waals surface area contributed by atoms with Gasteiger partial charge >= 0.3 is 6.09 Å². The molecule has 0 bridgehead atoms. The molecule has 33 heavy (non-hydrogen) atoms. The number of amides is 2. The average Bonchev–Trinajstić information content (AvgIpc) is 3.16. The van der Waals surface area contributed by atoms with Crippen LogP contribution in [-0.4, -0.2) is 54.9 Å².